The number of nitrogens with zero attached hydrogens (tertiary/aromatic N) is 1. The van der Waals surface area contributed by atoms with Crippen LogP contribution < -0.4 is 5.32 Å². The average Bonchev–Trinajstić information content (AvgIpc) is 3.24. The molecule has 0 saturated heterocycles. The van der Waals surface area contributed by atoms with Crippen LogP contribution in [0.15, 0.2) is 24.3 Å². The molecule has 2 nitrogen and oxygen atoms in total. The SMILES string of the molecule is N#Cc1ccc([C@H]2CC[C@H](NC3CC3)CC2)cc1. The van der Waals surface area contributed by atoms with E-state index < -0.39 is 0 Å². The van der Waals surface area contributed by atoms with E-state index in [4.69, 9.17) is 5.26 Å². The van der Waals surface area contributed by atoms with Gasteiger partial charge in [0.25, 0.3) is 0 Å². The quantitative estimate of drug-likeness (QED) is 0.879. The Kier molecular flexibility index (Phi) is 3.34. The monoisotopic (exact) mass is 240 g/mol. The first kappa shape index (κ1) is 11.7. The molecular weight excluding hydrogens is 220 g/mol. The van der Waals surface area contributed by atoms with Gasteiger partial charge in [-0.1, -0.05) is 12.1 Å². The van der Waals surface area contributed by atoms with Crippen LogP contribution in [0.4, 0.5) is 0 Å². The highest BCUT2D eigenvalue weighted by molar-refractivity contribution is 5.33. The van der Waals surface area contributed by atoms with Crippen LogP contribution in [0.3, 0.4) is 0 Å². The van der Waals surface area contributed by atoms with Crippen LogP contribution in [-0.4, -0.2) is 12.1 Å². The Hall–Kier alpha value is -1.33. The van der Waals surface area contributed by atoms with Gasteiger partial charge in [-0.3, -0.25) is 0 Å². The van der Waals surface area contributed by atoms with Crippen LogP contribution in [0, 0.1) is 11.3 Å². The third-order valence-corrected chi connectivity index (χ3v) is 4.29. The molecule has 0 spiro atoms. The lowest BCUT2D eigenvalue weighted by molar-refractivity contribution is 0.341. The normalized spacial score (nSPS) is 27.7. The van der Waals surface area contributed by atoms with Gasteiger partial charge < -0.3 is 5.32 Å². The van der Waals surface area contributed by atoms with Crippen LogP contribution in [0.2, 0.25) is 0 Å². The van der Waals surface area contributed by atoms with Crippen molar-refractivity contribution in [3.05, 3.63) is 35.4 Å². The maximum absolute atomic E-state index is 8.81. The second-order valence-corrected chi connectivity index (χ2v) is 5.72. The van der Waals surface area contributed by atoms with E-state index in [1.807, 2.05) is 12.1 Å². The van der Waals surface area contributed by atoms with Crippen molar-refractivity contribution < 1.29 is 0 Å². The number of hydrogen-bond donors (Lipinski definition) is 1. The van der Waals surface area contributed by atoms with Crippen molar-refractivity contribution in [3.63, 3.8) is 0 Å². The molecule has 2 aliphatic rings. The standard InChI is InChI=1S/C16H20N2/c17-11-12-1-3-13(4-2-12)14-5-7-15(8-6-14)18-16-9-10-16/h1-4,14-16,18H,5-10H2/t14-,15-. The van der Waals surface area contributed by atoms with E-state index in [2.05, 4.69) is 23.5 Å². The van der Waals surface area contributed by atoms with E-state index in [0.717, 1.165) is 17.6 Å². The first-order valence-corrected chi connectivity index (χ1v) is 7.11. The first-order chi connectivity index (χ1) is 8.85. The molecule has 0 aliphatic heterocycles. The fraction of sp³-hybridized carbons (Fsp3) is 0.562. The molecule has 0 unspecified atom stereocenters. The predicted molar refractivity (Wildman–Crippen MR) is 72.3 cm³/mol. The van der Waals surface area contributed by atoms with Crippen molar-refractivity contribution in [2.75, 3.05) is 0 Å². The third-order valence-electron chi connectivity index (χ3n) is 4.29. The summed E-state index contributed by atoms with van der Waals surface area (Å²) in [5.41, 5.74) is 2.18. The Morgan fingerprint density at radius 3 is 1.94 bits per heavy atom. The van der Waals surface area contributed by atoms with Gasteiger partial charge >= 0.3 is 0 Å². The number of hydrogen-bond acceptors (Lipinski definition) is 2. The molecule has 2 aliphatic carbocycles. The summed E-state index contributed by atoms with van der Waals surface area (Å²) in [5.74, 6) is 0.704. The van der Waals surface area contributed by atoms with Crippen molar-refractivity contribution >= 4 is 0 Å². The molecule has 94 valence electrons. The predicted octanol–water partition coefficient (Wildman–Crippen LogP) is 3.34. The van der Waals surface area contributed by atoms with E-state index in [1.54, 1.807) is 0 Å². The minimum atomic E-state index is 0.704. The lowest BCUT2D eigenvalue weighted by atomic mass is 9.81. The van der Waals surface area contributed by atoms with E-state index in [1.165, 1.54) is 44.1 Å². The summed E-state index contributed by atoms with van der Waals surface area (Å²) in [6.07, 6.45) is 7.96. The fourth-order valence-electron chi connectivity index (χ4n) is 3.01. The van der Waals surface area contributed by atoms with Gasteiger partial charge in [0.05, 0.1) is 11.6 Å². The topological polar surface area (TPSA) is 35.8 Å². The van der Waals surface area contributed by atoms with Gasteiger partial charge in [0.15, 0.2) is 0 Å². The lowest BCUT2D eigenvalue weighted by Gasteiger charge is -2.29. The molecule has 0 heterocycles. The van der Waals surface area contributed by atoms with Crippen LogP contribution in [0.25, 0.3) is 0 Å². The molecule has 1 N–H and O–H groups in total. The van der Waals surface area contributed by atoms with E-state index in [9.17, 15) is 0 Å². The van der Waals surface area contributed by atoms with Crippen LogP contribution in [-0.2, 0) is 0 Å². The summed E-state index contributed by atoms with van der Waals surface area (Å²) < 4.78 is 0. The minimum absolute atomic E-state index is 0.704. The van der Waals surface area contributed by atoms with Gasteiger partial charge in [-0.2, -0.15) is 5.26 Å². The van der Waals surface area contributed by atoms with Crippen molar-refractivity contribution in [2.24, 2.45) is 0 Å². The molecule has 2 saturated carbocycles. The molecule has 0 amide bonds. The zero-order valence-corrected chi connectivity index (χ0v) is 10.7. The zero-order valence-electron chi connectivity index (χ0n) is 10.7. The van der Waals surface area contributed by atoms with Gasteiger partial charge in [0, 0.05) is 12.1 Å². The van der Waals surface area contributed by atoms with Crippen molar-refractivity contribution in [3.8, 4) is 6.07 Å². The highest BCUT2D eigenvalue weighted by atomic mass is 15.0. The summed E-state index contributed by atoms with van der Waals surface area (Å²) in [6.45, 7) is 0. The van der Waals surface area contributed by atoms with E-state index in [0.29, 0.717) is 5.92 Å². The molecule has 1 aromatic carbocycles. The second kappa shape index (κ2) is 5.12. The van der Waals surface area contributed by atoms with Crippen molar-refractivity contribution in [1.29, 1.82) is 5.26 Å². The molecule has 18 heavy (non-hydrogen) atoms. The number of rotatable bonds is 3. The third kappa shape index (κ3) is 2.73. The largest absolute Gasteiger partial charge is 0.311 e. The summed E-state index contributed by atoms with van der Waals surface area (Å²) >= 11 is 0. The molecular formula is C16H20N2. The van der Waals surface area contributed by atoms with Crippen molar-refractivity contribution in [2.45, 2.75) is 56.5 Å². The molecule has 0 aromatic heterocycles. The molecule has 0 atom stereocenters. The maximum Gasteiger partial charge on any atom is 0.0991 e. The summed E-state index contributed by atoms with van der Waals surface area (Å²) in [4.78, 5) is 0. The summed E-state index contributed by atoms with van der Waals surface area (Å²) in [6, 6.07) is 11.9. The second-order valence-electron chi connectivity index (χ2n) is 5.72. The van der Waals surface area contributed by atoms with Gasteiger partial charge in [-0.15, -0.1) is 0 Å². The number of nitriles is 1. The molecule has 2 heteroatoms. The Bertz CT molecular complexity index is 431. The van der Waals surface area contributed by atoms with E-state index in [-0.39, 0.29) is 0 Å². The minimum Gasteiger partial charge on any atom is -0.311 e. The van der Waals surface area contributed by atoms with Crippen LogP contribution in [0.5, 0.6) is 0 Å². The lowest BCUT2D eigenvalue weighted by Crippen LogP contribution is -2.34. The summed E-state index contributed by atoms with van der Waals surface area (Å²) in [7, 11) is 0. The van der Waals surface area contributed by atoms with Crippen LogP contribution >= 0.6 is 0 Å². The van der Waals surface area contributed by atoms with Crippen LogP contribution in [0.1, 0.15) is 55.6 Å². The van der Waals surface area contributed by atoms with Gasteiger partial charge in [-0.25, -0.2) is 0 Å². The maximum atomic E-state index is 8.81. The van der Waals surface area contributed by atoms with Gasteiger partial charge in [-0.05, 0) is 62.1 Å². The Morgan fingerprint density at radius 1 is 0.889 bits per heavy atom. The highest BCUT2D eigenvalue weighted by Gasteiger charge is 2.28. The molecule has 2 fully saturated rings. The van der Waals surface area contributed by atoms with E-state index >= 15 is 0 Å². The number of nitrogens with one attached hydrogen (secondary N) is 1. The van der Waals surface area contributed by atoms with Gasteiger partial charge in [0.1, 0.15) is 0 Å². The molecule has 0 bridgehead atoms. The van der Waals surface area contributed by atoms with Crippen molar-refractivity contribution in [1.82, 2.24) is 5.32 Å². The Balaban J connectivity index is 1.56. The van der Waals surface area contributed by atoms with Gasteiger partial charge in [0.2, 0.25) is 0 Å². The highest BCUT2D eigenvalue weighted by Crippen LogP contribution is 2.34. The molecule has 1 aromatic rings. The Labute approximate surface area is 109 Å². The molecule has 0 radical (unpaired) electrons. The summed E-state index contributed by atoms with van der Waals surface area (Å²) in [5, 5.41) is 12.5. The average molecular weight is 240 g/mol. The first-order valence-electron chi connectivity index (χ1n) is 7.11. The number of benzene rings is 1. The zero-order chi connectivity index (χ0) is 12.4. The Morgan fingerprint density at radius 2 is 1.44 bits per heavy atom. The smallest absolute Gasteiger partial charge is 0.0991 e. The molecule has 3 rings (SSSR count). The fourth-order valence-corrected chi connectivity index (χ4v) is 3.01.